The number of halogens is 1. The Balaban J connectivity index is 2.10. The Kier molecular flexibility index (Phi) is 5.47. The highest BCUT2D eigenvalue weighted by Gasteiger charge is 2.27. The van der Waals surface area contributed by atoms with Crippen LogP contribution in [0.15, 0.2) is 58.0 Å². The van der Waals surface area contributed by atoms with E-state index in [0.717, 1.165) is 11.3 Å². The molecule has 0 aromatic carbocycles. The Morgan fingerprint density at radius 2 is 1.93 bits per heavy atom. The van der Waals surface area contributed by atoms with E-state index in [0.29, 0.717) is 4.88 Å². The minimum atomic E-state index is -3.98. The number of thiophene rings is 1. The van der Waals surface area contributed by atoms with E-state index in [2.05, 4.69) is 15.3 Å². The quantitative estimate of drug-likeness (QED) is 0.608. The molecule has 27 heavy (non-hydrogen) atoms. The second kappa shape index (κ2) is 7.80. The van der Waals surface area contributed by atoms with Gasteiger partial charge in [0.2, 0.25) is 15.8 Å². The predicted molar refractivity (Wildman–Crippen MR) is 96.9 cm³/mol. The second-order valence-electron chi connectivity index (χ2n) is 5.41. The largest absolute Gasteiger partial charge is 0.465 e. The minimum Gasteiger partial charge on any atom is -0.465 e. The third-order valence-electron chi connectivity index (χ3n) is 3.60. The number of hydrogen-bond acceptors (Lipinski definition) is 6. The average Bonchev–Trinajstić information content (AvgIpc) is 3.07. The standard InChI is InChI=1S/C17H14FN3O4S2/c18-15-12(4-3-8-20-15)13-10-11(6-9-21-17(22)23)26-16(13)27(24,25)14-5-1-2-7-19-14/h1-5,7-8,10,21H,6,9H2,(H,22,23). The number of carboxylic acid groups (broad SMARTS) is 1. The van der Waals surface area contributed by atoms with E-state index < -0.39 is 21.9 Å². The molecule has 7 nitrogen and oxygen atoms in total. The van der Waals surface area contributed by atoms with Crippen LogP contribution in [0.4, 0.5) is 9.18 Å². The number of carbonyl (C=O) groups is 1. The Bertz CT molecular complexity index is 1070. The number of sulfone groups is 1. The zero-order valence-corrected chi connectivity index (χ0v) is 15.4. The highest BCUT2D eigenvalue weighted by Crippen LogP contribution is 2.38. The molecule has 3 aromatic heterocycles. The summed E-state index contributed by atoms with van der Waals surface area (Å²) in [5, 5.41) is 10.7. The third-order valence-corrected chi connectivity index (χ3v) is 7.00. The van der Waals surface area contributed by atoms with Gasteiger partial charge in [0.1, 0.15) is 4.21 Å². The average molecular weight is 407 g/mol. The maximum atomic E-state index is 14.2. The van der Waals surface area contributed by atoms with E-state index in [4.69, 9.17) is 5.11 Å². The molecule has 0 aliphatic heterocycles. The molecule has 10 heteroatoms. The summed E-state index contributed by atoms with van der Waals surface area (Å²) < 4.78 is 40.2. The zero-order valence-electron chi connectivity index (χ0n) is 13.8. The van der Waals surface area contributed by atoms with Gasteiger partial charge in [0.15, 0.2) is 5.03 Å². The second-order valence-corrected chi connectivity index (χ2v) is 8.64. The molecule has 0 spiro atoms. The first-order valence-corrected chi connectivity index (χ1v) is 10.1. The number of pyridine rings is 2. The summed E-state index contributed by atoms with van der Waals surface area (Å²) in [6, 6.07) is 9.02. The van der Waals surface area contributed by atoms with Crippen molar-refractivity contribution < 1.29 is 22.7 Å². The van der Waals surface area contributed by atoms with Crippen molar-refractivity contribution in [1.82, 2.24) is 15.3 Å². The van der Waals surface area contributed by atoms with Crippen LogP contribution in [0.3, 0.4) is 0 Å². The van der Waals surface area contributed by atoms with E-state index in [-0.39, 0.29) is 33.3 Å². The van der Waals surface area contributed by atoms with Gasteiger partial charge in [0, 0.05) is 34.9 Å². The van der Waals surface area contributed by atoms with Crippen molar-refractivity contribution >= 4 is 27.3 Å². The smallest absolute Gasteiger partial charge is 0.404 e. The molecule has 0 aliphatic carbocycles. The van der Waals surface area contributed by atoms with Gasteiger partial charge in [-0.05, 0) is 36.8 Å². The van der Waals surface area contributed by atoms with Crippen molar-refractivity contribution in [3.8, 4) is 11.1 Å². The van der Waals surface area contributed by atoms with Gasteiger partial charge < -0.3 is 10.4 Å². The van der Waals surface area contributed by atoms with Gasteiger partial charge in [-0.25, -0.2) is 23.2 Å². The van der Waals surface area contributed by atoms with Crippen LogP contribution < -0.4 is 5.32 Å². The van der Waals surface area contributed by atoms with Crippen LogP contribution in [0.25, 0.3) is 11.1 Å². The molecule has 0 saturated heterocycles. The number of nitrogens with zero attached hydrogens (tertiary/aromatic N) is 2. The monoisotopic (exact) mass is 407 g/mol. The lowest BCUT2D eigenvalue weighted by atomic mass is 10.1. The summed E-state index contributed by atoms with van der Waals surface area (Å²) in [6.07, 6.45) is 1.73. The van der Waals surface area contributed by atoms with Gasteiger partial charge >= 0.3 is 6.09 Å². The summed E-state index contributed by atoms with van der Waals surface area (Å²) >= 11 is 0.961. The Morgan fingerprint density at radius 3 is 2.59 bits per heavy atom. The van der Waals surface area contributed by atoms with Gasteiger partial charge in [0.25, 0.3) is 0 Å². The van der Waals surface area contributed by atoms with Crippen LogP contribution in [0.5, 0.6) is 0 Å². The highest BCUT2D eigenvalue weighted by molar-refractivity contribution is 7.93. The van der Waals surface area contributed by atoms with Crippen LogP contribution in [-0.4, -0.2) is 36.1 Å². The van der Waals surface area contributed by atoms with Gasteiger partial charge in [-0.3, -0.25) is 0 Å². The fourth-order valence-electron chi connectivity index (χ4n) is 2.41. The Labute approximate surface area is 158 Å². The SMILES string of the molecule is O=C(O)NCCc1cc(-c2cccnc2F)c(S(=O)(=O)c2ccccn2)s1. The molecule has 0 atom stereocenters. The van der Waals surface area contributed by atoms with Crippen LogP contribution in [0.2, 0.25) is 0 Å². The predicted octanol–water partition coefficient (Wildman–Crippen LogP) is 2.99. The molecular formula is C17H14FN3O4S2. The first-order valence-electron chi connectivity index (χ1n) is 7.76. The van der Waals surface area contributed by atoms with Crippen LogP contribution in [0, 0.1) is 5.95 Å². The van der Waals surface area contributed by atoms with Gasteiger partial charge in [-0.1, -0.05) is 6.07 Å². The fourth-order valence-corrected chi connectivity index (χ4v) is 5.43. The molecule has 1 amide bonds. The maximum Gasteiger partial charge on any atom is 0.404 e. The van der Waals surface area contributed by atoms with Crippen molar-refractivity contribution in [3.05, 3.63) is 59.6 Å². The first kappa shape index (κ1) is 18.9. The number of aromatic nitrogens is 2. The molecule has 0 aliphatic rings. The van der Waals surface area contributed by atoms with E-state index in [1.165, 1.54) is 30.6 Å². The molecule has 0 saturated carbocycles. The number of nitrogens with one attached hydrogen (secondary N) is 1. The summed E-state index contributed by atoms with van der Waals surface area (Å²) in [6.45, 7) is 0.105. The topological polar surface area (TPSA) is 109 Å². The normalized spacial score (nSPS) is 11.3. The highest BCUT2D eigenvalue weighted by atomic mass is 32.2. The van der Waals surface area contributed by atoms with Gasteiger partial charge in [0.05, 0.1) is 0 Å². The van der Waals surface area contributed by atoms with Crippen molar-refractivity contribution in [3.63, 3.8) is 0 Å². The zero-order chi connectivity index (χ0) is 19.4. The van der Waals surface area contributed by atoms with Gasteiger partial charge in [-0.2, -0.15) is 4.39 Å². The summed E-state index contributed by atoms with van der Waals surface area (Å²) in [7, 11) is -3.98. The number of amides is 1. The molecule has 0 radical (unpaired) electrons. The van der Waals surface area contributed by atoms with Crippen molar-refractivity contribution in [2.24, 2.45) is 0 Å². The number of rotatable bonds is 6. The molecule has 0 fully saturated rings. The maximum absolute atomic E-state index is 14.2. The molecule has 3 heterocycles. The van der Waals surface area contributed by atoms with E-state index in [9.17, 15) is 17.6 Å². The first-order chi connectivity index (χ1) is 12.9. The summed E-state index contributed by atoms with van der Waals surface area (Å²) in [5.74, 6) is -0.789. The molecule has 140 valence electrons. The van der Waals surface area contributed by atoms with Crippen LogP contribution in [-0.2, 0) is 16.3 Å². The Morgan fingerprint density at radius 1 is 1.15 bits per heavy atom. The summed E-state index contributed by atoms with van der Waals surface area (Å²) in [5.41, 5.74) is 0.238. The number of hydrogen-bond donors (Lipinski definition) is 2. The Hall–Kier alpha value is -2.85. The van der Waals surface area contributed by atoms with E-state index in [1.54, 1.807) is 18.2 Å². The molecule has 3 rings (SSSR count). The minimum absolute atomic E-state index is 0.0562. The molecule has 0 unspecified atom stereocenters. The lowest BCUT2D eigenvalue weighted by Gasteiger charge is -2.05. The van der Waals surface area contributed by atoms with Crippen molar-refractivity contribution in [1.29, 1.82) is 0 Å². The van der Waals surface area contributed by atoms with Crippen molar-refractivity contribution in [2.45, 2.75) is 15.7 Å². The molecular weight excluding hydrogens is 393 g/mol. The molecule has 0 bridgehead atoms. The van der Waals surface area contributed by atoms with Crippen LogP contribution >= 0.6 is 11.3 Å². The summed E-state index contributed by atoms with van der Waals surface area (Å²) in [4.78, 5) is 18.7. The van der Waals surface area contributed by atoms with Crippen molar-refractivity contribution in [2.75, 3.05) is 6.54 Å². The molecule has 2 N–H and O–H groups in total. The van der Waals surface area contributed by atoms with E-state index in [1.807, 2.05) is 0 Å². The lowest BCUT2D eigenvalue weighted by molar-refractivity contribution is 0.194. The van der Waals surface area contributed by atoms with Gasteiger partial charge in [-0.15, -0.1) is 11.3 Å². The third kappa shape index (κ3) is 4.12. The van der Waals surface area contributed by atoms with Crippen LogP contribution in [0.1, 0.15) is 4.88 Å². The molecule has 3 aromatic rings. The lowest BCUT2D eigenvalue weighted by Crippen LogP contribution is -2.22. The fraction of sp³-hybridized carbons (Fsp3) is 0.118. The van der Waals surface area contributed by atoms with E-state index >= 15 is 0 Å².